The second kappa shape index (κ2) is 5.54. The summed E-state index contributed by atoms with van der Waals surface area (Å²) in [5.41, 5.74) is -0.596. The molecule has 0 aliphatic rings. The van der Waals surface area contributed by atoms with E-state index in [2.05, 4.69) is 4.98 Å². The molecule has 0 atom stereocenters. The number of ether oxygens (including phenoxy) is 1. The molecule has 2 aromatic rings. The van der Waals surface area contributed by atoms with Crippen LogP contribution in [-0.4, -0.2) is 21.0 Å². The third kappa shape index (κ3) is 2.67. The van der Waals surface area contributed by atoms with Gasteiger partial charge in [0, 0.05) is 12.3 Å². The summed E-state index contributed by atoms with van der Waals surface area (Å²) in [5.74, 6) is -1.78. The monoisotopic (exact) mass is 294 g/mol. The molecule has 0 radical (unpaired) electrons. The minimum Gasteiger partial charge on any atom is -0.477 e. The summed E-state index contributed by atoms with van der Waals surface area (Å²) in [6.07, 6.45) is 1.31. The Hall–Kier alpha value is -2.67. The Kier molecular flexibility index (Phi) is 3.81. The van der Waals surface area contributed by atoms with E-state index in [1.165, 1.54) is 36.5 Å². The average Bonchev–Trinajstić information content (AvgIpc) is 2.41. The molecule has 0 aliphatic heterocycles. The standard InChI is InChI=1S/C12H7ClN2O5/c13-8-4-1-5-9(15(18)19)10(8)20-11-7(12(16)17)3-2-6-14-11/h1-6H,(H,16,17). The first-order valence-corrected chi connectivity index (χ1v) is 5.67. The van der Waals surface area contributed by atoms with Gasteiger partial charge < -0.3 is 9.84 Å². The normalized spacial score (nSPS) is 10.1. The SMILES string of the molecule is O=C(O)c1cccnc1Oc1c(Cl)cccc1[N+](=O)[O-]. The molecule has 1 heterocycles. The van der Waals surface area contributed by atoms with E-state index in [0.717, 1.165) is 0 Å². The Balaban J connectivity index is 2.51. The first-order valence-electron chi connectivity index (χ1n) is 5.29. The molecule has 20 heavy (non-hydrogen) atoms. The van der Waals surface area contributed by atoms with Crippen molar-refractivity contribution in [2.24, 2.45) is 0 Å². The highest BCUT2D eigenvalue weighted by Gasteiger charge is 2.22. The topological polar surface area (TPSA) is 103 Å². The van der Waals surface area contributed by atoms with Crippen LogP contribution in [0.2, 0.25) is 5.02 Å². The molecule has 0 amide bonds. The number of aromatic carboxylic acids is 1. The fourth-order valence-electron chi connectivity index (χ4n) is 1.47. The zero-order valence-corrected chi connectivity index (χ0v) is 10.6. The predicted octanol–water partition coefficient (Wildman–Crippen LogP) is 3.13. The van der Waals surface area contributed by atoms with Crippen LogP contribution >= 0.6 is 11.6 Å². The second-order valence-corrected chi connectivity index (χ2v) is 4.02. The maximum atomic E-state index is 11.0. The van der Waals surface area contributed by atoms with E-state index in [9.17, 15) is 14.9 Å². The number of carboxylic acids is 1. The van der Waals surface area contributed by atoms with Crippen LogP contribution in [0.4, 0.5) is 5.69 Å². The molecule has 0 saturated heterocycles. The average molecular weight is 295 g/mol. The molecule has 2 rings (SSSR count). The molecule has 7 nitrogen and oxygen atoms in total. The van der Waals surface area contributed by atoms with Gasteiger partial charge in [0.1, 0.15) is 5.56 Å². The molecule has 1 N–H and O–H groups in total. The lowest BCUT2D eigenvalue weighted by atomic mass is 10.2. The number of para-hydroxylation sites is 1. The lowest BCUT2D eigenvalue weighted by Crippen LogP contribution is -2.03. The molecular formula is C12H7ClN2O5. The summed E-state index contributed by atoms with van der Waals surface area (Å²) < 4.78 is 5.23. The molecule has 0 spiro atoms. The highest BCUT2D eigenvalue weighted by Crippen LogP contribution is 2.37. The summed E-state index contributed by atoms with van der Waals surface area (Å²) in [6, 6.07) is 6.67. The number of nitro benzene ring substituents is 1. The van der Waals surface area contributed by atoms with Gasteiger partial charge in [0.05, 0.1) is 9.95 Å². The molecule has 1 aromatic heterocycles. The van der Waals surface area contributed by atoms with Gasteiger partial charge in [0.15, 0.2) is 0 Å². The van der Waals surface area contributed by atoms with Crippen LogP contribution < -0.4 is 4.74 Å². The number of hydrogen-bond donors (Lipinski definition) is 1. The minimum absolute atomic E-state index is 0.0128. The van der Waals surface area contributed by atoms with E-state index < -0.39 is 10.9 Å². The second-order valence-electron chi connectivity index (χ2n) is 3.61. The Morgan fingerprint density at radius 1 is 1.35 bits per heavy atom. The van der Waals surface area contributed by atoms with Gasteiger partial charge in [-0.05, 0) is 18.2 Å². The van der Waals surface area contributed by atoms with Gasteiger partial charge in [-0.2, -0.15) is 0 Å². The highest BCUT2D eigenvalue weighted by molar-refractivity contribution is 6.32. The smallest absolute Gasteiger partial charge is 0.341 e. The minimum atomic E-state index is -1.26. The van der Waals surface area contributed by atoms with E-state index in [1.807, 2.05) is 0 Å². The van der Waals surface area contributed by atoms with Crippen molar-refractivity contribution >= 4 is 23.3 Å². The van der Waals surface area contributed by atoms with Crippen molar-refractivity contribution < 1.29 is 19.6 Å². The maximum Gasteiger partial charge on any atom is 0.341 e. The van der Waals surface area contributed by atoms with Crippen molar-refractivity contribution in [3.63, 3.8) is 0 Å². The fraction of sp³-hybridized carbons (Fsp3) is 0. The zero-order chi connectivity index (χ0) is 14.7. The number of rotatable bonds is 4. The van der Waals surface area contributed by atoms with Crippen molar-refractivity contribution in [1.29, 1.82) is 0 Å². The highest BCUT2D eigenvalue weighted by atomic mass is 35.5. The Labute approximate surface area is 117 Å². The van der Waals surface area contributed by atoms with Gasteiger partial charge >= 0.3 is 11.7 Å². The van der Waals surface area contributed by atoms with Crippen molar-refractivity contribution in [2.45, 2.75) is 0 Å². The number of nitro groups is 1. The van der Waals surface area contributed by atoms with Gasteiger partial charge in [-0.15, -0.1) is 0 Å². The molecular weight excluding hydrogens is 288 g/mol. The lowest BCUT2D eigenvalue weighted by Gasteiger charge is -2.08. The Bertz CT molecular complexity index is 689. The number of aromatic nitrogens is 1. The fourth-order valence-corrected chi connectivity index (χ4v) is 1.68. The van der Waals surface area contributed by atoms with Gasteiger partial charge in [0.25, 0.3) is 0 Å². The maximum absolute atomic E-state index is 11.0. The van der Waals surface area contributed by atoms with Crippen LogP contribution in [0.15, 0.2) is 36.5 Å². The number of carboxylic acid groups (broad SMARTS) is 1. The Morgan fingerprint density at radius 3 is 2.75 bits per heavy atom. The largest absolute Gasteiger partial charge is 0.477 e. The van der Waals surface area contributed by atoms with E-state index in [1.54, 1.807) is 0 Å². The first kappa shape index (κ1) is 13.8. The molecule has 0 saturated carbocycles. The molecule has 0 aliphatic carbocycles. The zero-order valence-electron chi connectivity index (χ0n) is 9.82. The van der Waals surface area contributed by atoms with Gasteiger partial charge in [0.2, 0.25) is 11.6 Å². The van der Waals surface area contributed by atoms with E-state index in [4.69, 9.17) is 21.4 Å². The quantitative estimate of drug-likeness (QED) is 0.686. The van der Waals surface area contributed by atoms with E-state index >= 15 is 0 Å². The summed E-state index contributed by atoms with van der Waals surface area (Å²) in [7, 11) is 0. The van der Waals surface area contributed by atoms with Gasteiger partial charge in [-0.25, -0.2) is 9.78 Å². The summed E-state index contributed by atoms with van der Waals surface area (Å²) in [6.45, 7) is 0. The molecule has 1 aromatic carbocycles. The third-order valence-electron chi connectivity index (χ3n) is 2.34. The summed E-state index contributed by atoms with van der Waals surface area (Å²) in [4.78, 5) is 25.0. The number of carbonyl (C=O) groups is 1. The molecule has 8 heteroatoms. The molecule has 0 unspecified atom stereocenters. The molecule has 102 valence electrons. The van der Waals surface area contributed by atoms with Crippen LogP contribution in [0.3, 0.4) is 0 Å². The number of benzene rings is 1. The van der Waals surface area contributed by atoms with Crippen LogP contribution in [0, 0.1) is 10.1 Å². The summed E-state index contributed by atoms with van der Waals surface area (Å²) >= 11 is 5.85. The summed E-state index contributed by atoms with van der Waals surface area (Å²) in [5, 5.41) is 19.9. The predicted molar refractivity (Wildman–Crippen MR) is 69.4 cm³/mol. The molecule has 0 fully saturated rings. The Morgan fingerprint density at radius 2 is 2.10 bits per heavy atom. The van der Waals surface area contributed by atoms with E-state index in [-0.39, 0.29) is 27.9 Å². The van der Waals surface area contributed by atoms with Crippen molar-refractivity contribution in [2.75, 3.05) is 0 Å². The first-order chi connectivity index (χ1) is 9.50. The van der Waals surface area contributed by atoms with Crippen molar-refractivity contribution in [3.8, 4) is 11.6 Å². The van der Waals surface area contributed by atoms with Crippen LogP contribution in [0.25, 0.3) is 0 Å². The van der Waals surface area contributed by atoms with Crippen molar-refractivity contribution in [1.82, 2.24) is 4.98 Å². The number of pyridine rings is 1. The van der Waals surface area contributed by atoms with E-state index in [0.29, 0.717) is 0 Å². The van der Waals surface area contributed by atoms with Gasteiger partial charge in [-0.3, -0.25) is 10.1 Å². The van der Waals surface area contributed by atoms with Gasteiger partial charge in [-0.1, -0.05) is 17.7 Å². The number of nitrogens with zero attached hydrogens (tertiary/aromatic N) is 2. The van der Waals surface area contributed by atoms with Crippen LogP contribution in [-0.2, 0) is 0 Å². The van der Waals surface area contributed by atoms with Crippen LogP contribution in [0.1, 0.15) is 10.4 Å². The number of halogens is 1. The van der Waals surface area contributed by atoms with Crippen molar-refractivity contribution in [3.05, 3.63) is 57.2 Å². The lowest BCUT2D eigenvalue weighted by molar-refractivity contribution is -0.385. The number of hydrogen-bond acceptors (Lipinski definition) is 5. The third-order valence-corrected chi connectivity index (χ3v) is 2.64. The van der Waals surface area contributed by atoms with Crippen LogP contribution in [0.5, 0.6) is 11.6 Å². The molecule has 0 bridgehead atoms.